The number of nitrogens with zero attached hydrogens (tertiary/aromatic N) is 2. The fourth-order valence-corrected chi connectivity index (χ4v) is 4.13. The molecule has 0 bridgehead atoms. The fraction of sp³-hybridized carbons (Fsp3) is 0.412. The summed E-state index contributed by atoms with van der Waals surface area (Å²) in [5, 5.41) is 0. The van der Waals surface area contributed by atoms with E-state index in [2.05, 4.69) is 21.7 Å². The number of rotatable bonds is 1. The topological polar surface area (TPSA) is 17.8 Å². The molecule has 0 spiro atoms. The zero-order valence-corrected chi connectivity index (χ0v) is 12.3. The number of aryl methyl sites for hydroxylation is 1. The Kier molecular flexibility index (Phi) is 2.95. The Bertz CT molecular complexity index is 657. The van der Waals surface area contributed by atoms with Crippen molar-refractivity contribution in [3.8, 4) is 11.3 Å². The average molecular weight is 282 g/mol. The van der Waals surface area contributed by atoms with Crippen LogP contribution in [0.5, 0.6) is 0 Å². The van der Waals surface area contributed by atoms with Gasteiger partial charge in [0.2, 0.25) is 0 Å². The van der Waals surface area contributed by atoms with E-state index in [9.17, 15) is 0 Å². The summed E-state index contributed by atoms with van der Waals surface area (Å²) in [5.41, 5.74) is 5.59. The van der Waals surface area contributed by atoms with Crippen LogP contribution in [0.3, 0.4) is 0 Å². The van der Waals surface area contributed by atoms with Gasteiger partial charge in [-0.15, -0.1) is 0 Å². The first-order valence-corrected chi connectivity index (χ1v) is 7.91. The van der Waals surface area contributed by atoms with Gasteiger partial charge in [-0.2, -0.15) is 0 Å². The Hall–Kier alpha value is -1.48. The average Bonchev–Trinajstić information content (AvgIpc) is 2.78. The van der Waals surface area contributed by atoms with Crippen LogP contribution in [0.1, 0.15) is 42.9 Å². The maximum Gasteiger partial charge on any atom is 0.0501 e. The van der Waals surface area contributed by atoms with Crippen molar-refractivity contribution in [2.24, 2.45) is 0 Å². The third-order valence-corrected chi connectivity index (χ3v) is 5.13. The van der Waals surface area contributed by atoms with Gasteiger partial charge < -0.3 is 4.57 Å². The minimum Gasteiger partial charge on any atom is -0.344 e. The van der Waals surface area contributed by atoms with E-state index in [1.165, 1.54) is 53.1 Å². The number of hydrogen-bond donors (Lipinski definition) is 0. The van der Waals surface area contributed by atoms with Crippen LogP contribution in [-0.4, -0.2) is 14.4 Å². The van der Waals surface area contributed by atoms with Crippen LogP contribution in [0.4, 0.5) is 0 Å². The second kappa shape index (κ2) is 4.81. The van der Waals surface area contributed by atoms with Crippen LogP contribution in [-0.2, 0) is 13.0 Å². The minimum absolute atomic E-state index is 0.515. The first-order chi connectivity index (χ1) is 9.84. The zero-order chi connectivity index (χ0) is 13.5. The molecule has 1 atom stereocenters. The van der Waals surface area contributed by atoms with E-state index in [4.69, 9.17) is 12.2 Å². The molecule has 3 heteroatoms. The monoisotopic (exact) mass is 282 g/mol. The van der Waals surface area contributed by atoms with Crippen LogP contribution in [0.25, 0.3) is 11.3 Å². The van der Waals surface area contributed by atoms with Gasteiger partial charge in [0.25, 0.3) is 0 Å². The van der Waals surface area contributed by atoms with Crippen molar-refractivity contribution < 1.29 is 0 Å². The molecule has 1 aliphatic carbocycles. The number of hydrogen-bond acceptors (Lipinski definition) is 2. The number of pyridine rings is 1. The van der Waals surface area contributed by atoms with Gasteiger partial charge in [-0.25, -0.2) is 0 Å². The van der Waals surface area contributed by atoms with Crippen LogP contribution >= 0.6 is 12.2 Å². The van der Waals surface area contributed by atoms with E-state index in [-0.39, 0.29) is 0 Å². The highest BCUT2D eigenvalue weighted by Crippen LogP contribution is 2.40. The lowest BCUT2D eigenvalue weighted by Gasteiger charge is -2.24. The first kappa shape index (κ1) is 12.3. The van der Waals surface area contributed by atoms with Crippen molar-refractivity contribution in [3.63, 3.8) is 0 Å². The van der Waals surface area contributed by atoms with E-state index in [1.54, 1.807) is 0 Å². The SMILES string of the molecule is S=C1CCCn2c(-c3cccnc3)cc3c2C1CCC3. The maximum absolute atomic E-state index is 5.68. The minimum atomic E-state index is 0.515. The number of aromatic nitrogens is 2. The second-order valence-electron chi connectivity index (χ2n) is 5.85. The van der Waals surface area contributed by atoms with Crippen molar-refractivity contribution in [2.75, 3.05) is 0 Å². The molecular weight excluding hydrogens is 264 g/mol. The first-order valence-electron chi connectivity index (χ1n) is 7.50. The van der Waals surface area contributed by atoms with E-state index >= 15 is 0 Å². The van der Waals surface area contributed by atoms with Gasteiger partial charge in [0.1, 0.15) is 0 Å². The van der Waals surface area contributed by atoms with E-state index in [1.807, 2.05) is 18.5 Å². The van der Waals surface area contributed by atoms with Crippen molar-refractivity contribution in [2.45, 2.75) is 44.6 Å². The Morgan fingerprint density at radius 3 is 3.05 bits per heavy atom. The Morgan fingerprint density at radius 2 is 2.20 bits per heavy atom. The molecule has 1 unspecified atom stereocenters. The van der Waals surface area contributed by atoms with Gasteiger partial charge in [0.05, 0.1) is 5.69 Å². The molecule has 2 nitrogen and oxygen atoms in total. The lowest BCUT2D eigenvalue weighted by Crippen LogP contribution is -2.17. The standard InChI is InChI=1S/C17H18N2S/c20-16-7-3-9-19-15(13-5-2-8-18-11-13)10-12-4-1-6-14(16)17(12)19/h2,5,8,10-11,14H,1,3-4,6-7,9H2. The van der Waals surface area contributed by atoms with Crippen LogP contribution < -0.4 is 0 Å². The number of thiocarbonyl (C=S) groups is 1. The van der Waals surface area contributed by atoms with Crippen LogP contribution in [0, 0.1) is 0 Å². The molecule has 0 fully saturated rings. The summed E-state index contributed by atoms with van der Waals surface area (Å²) in [7, 11) is 0. The molecule has 0 saturated heterocycles. The zero-order valence-electron chi connectivity index (χ0n) is 11.5. The van der Waals surface area contributed by atoms with E-state index in [0.29, 0.717) is 5.92 Å². The normalized spacial score (nSPS) is 21.4. The Balaban J connectivity index is 1.92. The van der Waals surface area contributed by atoms with Crippen molar-refractivity contribution >= 4 is 17.1 Å². The third kappa shape index (κ3) is 1.84. The predicted octanol–water partition coefficient (Wildman–Crippen LogP) is 4.13. The largest absolute Gasteiger partial charge is 0.344 e. The van der Waals surface area contributed by atoms with Crippen LogP contribution in [0.15, 0.2) is 30.6 Å². The molecule has 102 valence electrons. The molecule has 2 aliphatic rings. The molecule has 20 heavy (non-hydrogen) atoms. The predicted molar refractivity (Wildman–Crippen MR) is 85.2 cm³/mol. The molecule has 2 aromatic rings. The van der Waals surface area contributed by atoms with Crippen molar-refractivity contribution in [1.82, 2.24) is 9.55 Å². The molecule has 0 N–H and O–H groups in total. The lowest BCUT2D eigenvalue weighted by molar-refractivity contribution is 0.598. The van der Waals surface area contributed by atoms with Crippen molar-refractivity contribution in [1.29, 1.82) is 0 Å². The summed E-state index contributed by atoms with van der Waals surface area (Å²) in [6.07, 6.45) is 9.80. The molecule has 4 rings (SSSR count). The van der Waals surface area contributed by atoms with Gasteiger partial charge in [-0.05, 0) is 55.9 Å². The molecule has 0 saturated carbocycles. The third-order valence-electron chi connectivity index (χ3n) is 4.64. The molecule has 3 heterocycles. The lowest BCUT2D eigenvalue weighted by atomic mass is 9.85. The summed E-state index contributed by atoms with van der Waals surface area (Å²) >= 11 is 5.68. The summed E-state index contributed by atoms with van der Waals surface area (Å²) in [5.74, 6) is 0.515. The second-order valence-corrected chi connectivity index (χ2v) is 6.37. The molecule has 2 aromatic heterocycles. The summed E-state index contributed by atoms with van der Waals surface area (Å²) in [4.78, 5) is 5.56. The molecule has 0 amide bonds. The summed E-state index contributed by atoms with van der Waals surface area (Å²) in [6, 6.07) is 6.56. The Morgan fingerprint density at radius 1 is 1.25 bits per heavy atom. The highest BCUT2D eigenvalue weighted by atomic mass is 32.1. The van der Waals surface area contributed by atoms with E-state index in [0.717, 1.165) is 13.0 Å². The smallest absolute Gasteiger partial charge is 0.0501 e. The molecule has 1 aliphatic heterocycles. The fourth-order valence-electron chi connectivity index (χ4n) is 3.76. The summed E-state index contributed by atoms with van der Waals surface area (Å²) in [6.45, 7) is 1.09. The maximum atomic E-state index is 5.68. The van der Waals surface area contributed by atoms with Gasteiger partial charge in [0, 0.05) is 41.0 Å². The van der Waals surface area contributed by atoms with E-state index < -0.39 is 0 Å². The molecule has 0 aromatic carbocycles. The molecule has 0 radical (unpaired) electrons. The van der Waals surface area contributed by atoms with Crippen LogP contribution in [0.2, 0.25) is 0 Å². The van der Waals surface area contributed by atoms with Gasteiger partial charge in [-0.3, -0.25) is 4.98 Å². The highest BCUT2D eigenvalue weighted by molar-refractivity contribution is 7.80. The van der Waals surface area contributed by atoms with Gasteiger partial charge in [0.15, 0.2) is 0 Å². The van der Waals surface area contributed by atoms with Crippen molar-refractivity contribution in [3.05, 3.63) is 41.9 Å². The highest BCUT2D eigenvalue weighted by Gasteiger charge is 2.30. The van der Waals surface area contributed by atoms with Gasteiger partial charge in [-0.1, -0.05) is 12.2 Å². The molecular formula is C17H18N2S. The summed E-state index contributed by atoms with van der Waals surface area (Å²) < 4.78 is 2.52. The van der Waals surface area contributed by atoms with Gasteiger partial charge >= 0.3 is 0 Å². The quantitative estimate of drug-likeness (QED) is 0.732. The Labute approximate surface area is 124 Å².